The maximum absolute atomic E-state index is 6.77. The normalized spacial score (nSPS) is 38.0. The lowest BCUT2D eigenvalue weighted by Gasteiger charge is -2.47. The molecule has 2 rings (SSSR count). The van der Waals surface area contributed by atoms with Crippen molar-refractivity contribution in [2.75, 3.05) is 14.1 Å². The Kier molecular flexibility index (Phi) is 4.38. The van der Waals surface area contributed by atoms with E-state index in [1.165, 1.54) is 44.9 Å². The van der Waals surface area contributed by atoms with Gasteiger partial charge < -0.3 is 10.6 Å². The molecule has 18 heavy (non-hydrogen) atoms. The second-order valence-corrected chi connectivity index (χ2v) is 7.41. The minimum absolute atomic E-state index is 0.293. The highest BCUT2D eigenvalue weighted by molar-refractivity contribution is 5.04. The highest BCUT2D eigenvalue weighted by Gasteiger charge is 2.45. The standard InChI is InChI=1S/C16H32N2/c1-12-9-13(2)11-14(10-12)15(17)16(18(3)4)7-5-6-8-16/h12-15H,5-11,17H2,1-4H3. The Balaban J connectivity index is 2.11. The minimum atomic E-state index is 0.293. The van der Waals surface area contributed by atoms with Gasteiger partial charge in [-0.3, -0.25) is 0 Å². The summed E-state index contributed by atoms with van der Waals surface area (Å²) in [7, 11) is 4.47. The van der Waals surface area contributed by atoms with Crippen molar-refractivity contribution in [1.82, 2.24) is 4.90 Å². The van der Waals surface area contributed by atoms with E-state index < -0.39 is 0 Å². The number of hydrogen-bond acceptors (Lipinski definition) is 2. The van der Waals surface area contributed by atoms with Crippen LogP contribution < -0.4 is 5.73 Å². The molecule has 3 unspecified atom stereocenters. The molecular weight excluding hydrogens is 220 g/mol. The largest absolute Gasteiger partial charge is 0.326 e. The van der Waals surface area contributed by atoms with Crippen LogP contribution in [0.2, 0.25) is 0 Å². The predicted molar refractivity (Wildman–Crippen MR) is 78.5 cm³/mol. The van der Waals surface area contributed by atoms with E-state index in [1.807, 2.05) is 0 Å². The van der Waals surface area contributed by atoms with E-state index in [1.54, 1.807) is 0 Å². The van der Waals surface area contributed by atoms with Crippen molar-refractivity contribution in [2.45, 2.75) is 70.4 Å². The van der Waals surface area contributed by atoms with Crippen molar-refractivity contribution in [3.05, 3.63) is 0 Å². The molecular formula is C16H32N2. The summed E-state index contributed by atoms with van der Waals surface area (Å²) >= 11 is 0. The second kappa shape index (κ2) is 5.50. The van der Waals surface area contributed by atoms with Crippen molar-refractivity contribution < 1.29 is 0 Å². The molecule has 0 radical (unpaired) electrons. The van der Waals surface area contributed by atoms with Crippen molar-refractivity contribution in [1.29, 1.82) is 0 Å². The van der Waals surface area contributed by atoms with E-state index in [0.717, 1.165) is 17.8 Å². The highest BCUT2D eigenvalue weighted by Crippen LogP contribution is 2.43. The van der Waals surface area contributed by atoms with Gasteiger partial charge >= 0.3 is 0 Å². The van der Waals surface area contributed by atoms with Gasteiger partial charge in [0, 0.05) is 11.6 Å². The number of hydrogen-bond donors (Lipinski definition) is 1. The van der Waals surface area contributed by atoms with Crippen LogP contribution in [0.15, 0.2) is 0 Å². The molecule has 2 aliphatic carbocycles. The van der Waals surface area contributed by atoms with E-state index in [9.17, 15) is 0 Å². The number of likely N-dealkylation sites (N-methyl/N-ethyl adjacent to an activating group) is 1. The van der Waals surface area contributed by atoms with Crippen LogP contribution in [0.25, 0.3) is 0 Å². The molecule has 2 fully saturated rings. The van der Waals surface area contributed by atoms with Crippen molar-refractivity contribution >= 4 is 0 Å². The Morgan fingerprint density at radius 2 is 1.50 bits per heavy atom. The average Bonchev–Trinajstić information content (AvgIpc) is 2.76. The molecule has 0 spiro atoms. The Morgan fingerprint density at radius 1 is 1.00 bits per heavy atom. The number of nitrogens with two attached hydrogens (primary N) is 1. The molecule has 0 aromatic heterocycles. The van der Waals surface area contributed by atoms with E-state index in [-0.39, 0.29) is 0 Å². The third-order valence-electron chi connectivity index (χ3n) is 5.70. The zero-order chi connectivity index (χ0) is 13.3. The lowest BCUT2D eigenvalue weighted by atomic mass is 9.68. The van der Waals surface area contributed by atoms with Crippen LogP contribution in [0, 0.1) is 17.8 Å². The fraction of sp³-hybridized carbons (Fsp3) is 1.00. The molecule has 0 saturated heterocycles. The van der Waals surface area contributed by atoms with Gasteiger partial charge in [-0.2, -0.15) is 0 Å². The van der Waals surface area contributed by atoms with Crippen LogP contribution in [-0.2, 0) is 0 Å². The lowest BCUT2D eigenvalue weighted by Crippen LogP contribution is -2.59. The Labute approximate surface area is 113 Å². The van der Waals surface area contributed by atoms with E-state index in [2.05, 4.69) is 32.8 Å². The second-order valence-electron chi connectivity index (χ2n) is 7.41. The third kappa shape index (κ3) is 2.60. The first-order valence-electron chi connectivity index (χ1n) is 7.88. The molecule has 106 valence electrons. The van der Waals surface area contributed by atoms with E-state index in [4.69, 9.17) is 5.73 Å². The van der Waals surface area contributed by atoms with Crippen LogP contribution in [0.3, 0.4) is 0 Å². The summed E-state index contributed by atoms with van der Waals surface area (Å²) < 4.78 is 0. The lowest BCUT2D eigenvalue weighted by molar-refractivity contribution is 0.0639. The predicted octanol–water partition coefficient (Wildman–Crippen LogP) is 3.26. The van der Waals surface area contributed by atoms with Gasteiger partial charge in [0.2, 0.25) is 0 Å². The smallest absolute Gasteiger partial charge is 0.0357 e. The van der Waals surface area contributed by atoms with Gasteiger partial charge in [-0.25, -0.2) is 0 Å². The summed E-state index contributed by atoms with van der Waals surface area (Å²) in [6, 6.07) is 0.375. The molecule has 2 aliphatic rings. The molecule has 0 aliphatic heterocycles. The van der Waals surface area contributed by atoms with E-state index in [0.29, 0.717) is 11.6 Å². The first-order chi connectivity index (χ1) is 8.45. The van der Waals surface area contributed by atoms with Crippen molar-refractivity contribution in [3.8, 4) is 0 Å². The first kappa shape index (κ1) is 14.3. The third-order valence-corrected chi connectivity index (χ3v) is 5.70. The van der Waals surface area contributed by atoms with Crippen LogP contribution in [0.1, 0.15) is 58.8 Å². The van der Waals surface area contributed by atoms with Crippen LogP contribution in [-0.4, -0.2) is 30.6 Å². The molecule has 0 aromatic rings. The van der Waals surface area contributed by atoms with Gasteiger partial charge in [-0.1, -0.05) is 26.7 Å². The highest BCUT2D eigenvalue weighted by atomic mass is 15.2. The van der Waals surface area contributed by atoms with Gasteiger partial charge in [0.05, 0.1) is 0 Å². The Hall–Kier alpha value is -0.0800. The molecule has 2 nitrogen and oxygen atoms in total. The number of nitrogens with zero attached hydrogens (tertiary/aromatic N) is 1. The quantitative estimate of drug-likeness (QED) is 0.835. The molecule has 2 N–H and O–H groups in total. The maximum atomic E-state index is 6.77. The molecule has 2 heteroatoms. The number of rotatable bonds is 3. The molecule has 3 atom stereocenters. The first-order valence-corrected chi connectivity index (χ1v) is 7.88. The van der Waals surface area contributed by atoms with Gasteiger partial charge in [0.1, 0.15) is 0 Å². The zero-order valence-electron chi connectivity index (χ0n) is 12.8. The fourth-order valence-corrected chi connectivity index (χ4v) is 4.81. The molecule has 0 amide bonds. The van der Waals surface area contributed by atoms with Crippen LogP contribution in [0.4, 0.5) is 0 Å². The Morgan fingerprint density at radius 3 is 1.94 bits per heavy atom. The van der Waals surface area contributed by atoms with Gasteiger partial charge in [0.25, 0.3) is 0 Å². The SMILES string of the molecule is CC1CC(C)CC(C(N)C2(N(C)C)CCCC2)C1. The maximum Gasteiger partial charge on any atom is 0.0357 e. The summed E-state index contributed by atoms with van der Waals surface area (Å²) in [6.45, 7) is 4.82. The van der Waals surface area contributed by atoms with Crippen LogP contribution in [0.5, 0.6) is 0 Å². The summed E-state index contributed by atoms with van der Waals surface area (Å²) in [5, 5.41) is 0. The molecule has 0 aromatic carbocycles. The van der Waals surface area contributed by atoms with Crippen molar-refractivity contribution in [2.24, 2.45) is 23.5 Å². The minimum Gasteiger partial charge on any atom is -0.326 e. The summed E-state index contributed by atoms with van der Waals surface area (Å²) in [6.07, 6.45) is 9.44. The van der Waals surface area contributed by atoms with Crippen molar-refractivity contribution in [3.63, 3.8) is 0 Å². The van der Waals surface area contributed by atoms with Gasteiger partial charge in [-0.15, -0.1) is 0 Å². The molecule has 2 saturated carbocycles. The zero-order valence-corrected chi connectivity index (χ0v) is 12.8. The monoisotopic (exact) mass is 252 g/mol. The van der Waals surface area contributed by atoms with E-state index >= 15 is 0 Å². The average molecular weight is 252 g/mol. The molecule has 0 bridgehead atoms. The summed E-state index contributed by atoms with van der Waals surface area (Å²) in [5.41, 5.74) is 7.07. The fourth-order valence-electron chi connectivity index (χ4n) is 4.81. The summed E-state index contributed by atoms with van der Waals surface area (Å²) in [5.74, 6) is 2.47. The van der Waals surface area contributed by atoms with Gasteiger partial charge in [0.15, 0.2) is 0 Å². The van der Waals surface area contributed by atoms with Crippen LogP contribution >= 0.6 is 0 Å². The van der Waals surface area contributed by atoms with Gasteiger partial charge in [-0.05, 0) is 64.0 Å². The summed E-state index contributed by atoms with van der Waals surface area (Å²) in [4.78, 5) is 2.44. The molecule has 0 heterocycles. The topological polar surface area (TPSA) is 29.3 Å². The Bertz CT molecular complexity index is 258.